The number of methoxy groups -OCH3 is 2. The zero-order valence-corrected chi connectivity index (χ0v) is 12.1. The number of nitrogens with zero attached hydrogens (tertiary/aromatic N) is 1. The zero-order chi connectivity index (χ0) is 13.8. The minimum atomic E-state index is 0.456. The summed E-state index contributed by atoms with van der Waals surface area (Å²) in [6, 6.07) is 5.12. The van der Waals surface area contributed by atoms with Crippen molar-refractivity contribution < 1.29 is 14.2 Å². The van der Waals surface area contributed by atoms with E-state index in [1.807, 2.05) is 0 Å². The van der Waals surface area contributed by atoms with Crippen LogP contribution in [0.25, 0.3) is 0 Å². The normalized spacial score (nSPS) is 10.1. The Morgan fingerprint density at radius 2 is 1.68 bits per heavy atom. The molecule has 1 heterocycles. The van der Waals surface area contributed by atoms with Gasteiger partial charge in [0.1, 0.15) is 5.75 Å². The van der Waals surface area contributed by atoms with Gasteiger partial charge in [-0.25, -0.2) is 0 Å². The van der Waals surface area contributed by atoms with Crippen LogP contribution in [0.15, 0.2) is 35.1 Å². The smallest absolute Gasteiger partial charge is 0.164 e. The van der Waals surface area contributed by atoms with E-state index >= 15 is 0 Å². The largest absolute Gasteiger partial charge is 0.493 e. The van der Waals surface area contributed by atoms with E-state index in [0.29, 0.717) is 28.7 Å². The minimum Gasteiger partial charge on any atom is -0.493 e. The average molecular weight is 325 g/mol. The van der Waals surface area contributed by atoms with Crippen LogP contribution in [-0.4, -0.2) is 19.2 Å². The summed E-state index contributed by atoms with van der Waals surface area (Å²) in [5.74, 6) is 2.17. The van der Waals surface area contributed by atoms with Gasteiger partial charge in [-0.15, -0.1) is 0 Å². The Hall–Kier alpha value is -1.95. The SMILES string of the molecule is COc1cc(N)c(Oc2cncc(Br)c2)cc1OC. The summed E-state index contributed by atoms with van der Waals surface area (Å²) in [5, 5.41) is 0. The molecule has 1 aromatic carbocycles. The van der Waals surface area contributed by atoms with Crippen LogP contribution in [-0.2, 0) is 0 Å². The predicted molar refractivity (Wildman–Crippen MR) is 76.0 cm³/mol. The molecule has 2 N–H and O–H groups in total. The zero-order valence-electron chi connectivity index (χ0n) is 10.5. The Kier molecular flexibility index (Phi) is 4.11. The lowest BCUT2D eigenvalue weighted by molar-refractivity contribution is 0.352. The fourth-order valence-electron chi connectivity index (χ4n) is 1.54. The van der Waals surface area contributed by atoms with Crippen LogP contribution in [0.3, 0.4) is 0 Å². The number of nitrogen functional groups attached to an aromatic ring is 1. The van der Waals surface area contributed by atoms with Gasteiger partial charge in [-0.3, -0.25) is 4.98 Å². The summed E-state index contributed by atoms with van der Waals surface area (Å²) in [4.78, 5) is 4.02. The highest BCUT2D eigenvalue weighted by atomic mass is 79.9. The van der Waals surface area contributed by atoms with E-state index in [0.717, 1.165) is 4.47 Å². The molecule has 2 rings (SSSR count). The molecule has 0 amide bonds. The molecule has 0 bridgehead atoms. The van der Waals surface area contributed by atoms with E-state index in [1.54, 1.807) is 44.8 Å². The van der Waals surface area contributed by atoms with Crippen molar-refractivity contribution in [2.45, 2.75) is 0 Å². The second kappa shape index (κ2) is 5.79. The third-order valence-electron chi connectivity index (χ3n) is 2.42. The molecular formula is C13H13BrN2O3. The summed E-state index contributed by atoms with van der Waals surface area (Å²) in [5.41, 5.74) is 6.37. The number of benzene rings is 1. The second-order valence-electron chi connectivity index (χ2n) is 3.69. The lowest BCUT2D eigenvalue weighted by atomic mass is 10.2. The highest BCUT2D eigenvalue weighted by molar-refractivity contribution is 9.10. The first kappa shape index (κ1) is 13.5. The van der Waals surface area contributed by atoms with Gasteiger partial charge in [-0.2, -0.15) is 0 Å². The molecule has 0 fully saturated rings. The first-order chi connectivity index (χ1) is 9.13. The third kappa shape index (κ3) is 3.08. The molecule has 6 heteroatoms. The van der Waals surface area contributed by atoms with Crippen molar-refractivity contribution in [1.82, 2.24) is 4.98 Å². The van der Waals surface area contributed by atoms with Gasteiger partial charge < -0.3 is 19.9 Å². The summed E-state index contributed by atoms with van der Waals surface area (Å²) in [6.45, 7) is 0. The van der Waals surface area contributed by atoms with Crippen LogP contribution in [0.5, 0.6) is 23.0 Å². The fraction of sp³-hybridized carbons (Fsp3) is 0.154. The monoisotopic (exact) mass is 324 g/mol. The highest BCUT2D eigenvalue weighted by Gasteiger charge is 2.11. The van der Waals surface area contributed by atoms with Crippen molar-refractivity contribution in [3.63, 3.8) is 0 Å². The van der Waals surface area contributed by atoms with Gasteiger partial charge in [0, 0.05) is 22.8 Å². The van der Waals surface area contributed by atoms with Crippen molar-refractivity contribution in [1.29, 1.82) is 0 Å². The lowest BCUT2D eigenvalue weighted by Crippen LogP contribution is -1.97. The lowest BCUT2D eigenvalue weighted by Gasteiger charge is -2.13. The van der Waals surface area contributed by atoms with Gasteiger partial charge in [0.25, 0.3) is 0 Å². The standard InChI is InChI=1S/C13H13BrN2O3/c1-17-12-4-10(15)11(5-13(12)18-2)19-9-3-8(14)6-16-7-9/h3-7H,15H2,1-2H3. The number of hydrogen-bond acceptors (Lipinski definition) is 5. The number of nitrogens with two attached hydrogens (primary N) is 1. The fourth-order valence-corrected chi connectivity index (χ4v) is 1.88. The number of anilines is 1. The van der Waals surface area contributed by atoms with Crippen LogP contribution in [0, 0.1) is 0 Å². The molecule has 0 spiro atoms. The van der Waals surface area contributed by atoms with Crippen LogP contribution in [0.4, 0.5) is 5.69 Å². The van der Waals surface area contributed by atoms with Crippen molar-refractivity contribution in [2.75, 3.05) is 20.0 Å². The van der Waals surface area contributed by atoms with E-state index in [9.17, 15) is 0 Å². The van der Waals surface area contributed by atoms with Gasteiger partial charge >= 0.3 is 0 Å². The van der Waals surface area contributed by atoms with E-state index in [1.165, 1.54) is 0 Å². The van der Waals surface area contributed by atoms with E-state index < -0.39 is 0 Å². The molecule has 0 aliphatic heterocycles. The van der Waals surface area contributed by atoms with Crippen molar-refractivity contribution >= 4 is 21.6 Å². The third-order valence-corrected chi connectivity index (χ3v) is 2.86. The maximum absolute atomic E-state index is 5.91. The van der Waals surface area contributed by atoms with E-state index in [4.69, 9.17) is 19.9 Å². The molecule has 100 valence electrons. The Bertz CT molecular complexity index is 590. The Balaban J connectivity index is 2.35. The van der Waals surface area contributed by atoms with Crippen molar-refractivity contribution in [3.05, 3.63) is 35.1 Å². The maximum Gasteiger partial charge on any atom is 0.164 e. The molecule has 19 heavy (non-hydrogen) atoms. The van der Waals surface area contributed by atoms with Gasteiger partial charge in [0.05, 0.1) is 26.1 Å². The number of aromatic nitrogens is 1. The second-order valence-corrected chi connectivity index (χ2v) is 4.60. The quantitative estimate of drug-likeness (QED) is 0.874. The topological polar surface area (TPSA) is 66.6 Å². The average Bonchev–Trinajstić information content (AvgIpc) is 2.40. The number of rotatable bonds is 4. The molecule has 0 saturated heterocycles. The molecular weight excluding hydrogens is 312 g/mol. The molecule has 0 atom stereocenters. The van der Waals surface area contributed by atoms with E-state index in [2.05, 4.69) is 20.9 Å². The van der Waals surface area contributed by atoms with Gasteiger partial charge in [0.15, 0.2) is 17.2 Å². The maximum atomic E-state index is 5.91. The molecule has 0 radical (unpaired) electrons. The van der Waals surface area contributed by atoms with Gasteiger partial charge in [-0.05, 0) is 22.0 Å². The van der Waals surface area contributed by atoms with Crippen molar-refractivity contribution in [3.8, 4) is 23.0 Å². The summed E-state index contributed by atoms with van der Waals surface area (Å²) in [6.07, 6.45) is 3.27. The number of halogens is 1. The first-order valence-corrected chi connectivity index (χ1v) is 6.23. The molecule has 0 saturated carbocycles. The molecule has 5 nitrogen and oxygen atoms in total. The van der Waals surface area contributed by atoms with Crippen LogP contribution in [0.2, 0.25) is 0 Å². The summed E-state index contributed by atoms with van der Waals surface area (Å²) in [7, 11) is 3.11. The highest BCUT2D eigenvalue weighted by Crippen LogP contribution is 2.38. The van der Waals surface area contributed by atoms with Crippen molar-refractivity contribution in [2.24, 2.45) is 0 Å². The Labute approximate surface area is 119 Å². The molecule has 2 aromatic rings. The van der Waals surface area contributed by atoms with Gasteiger partial charge in [-0.1, -0.05) is 0 Å². The molecule has 0 unspecified atom stereocenters. The summed E-state index contributed by atoms with van der Waals surface area (Å²) >= 11 is 3.33. The van der Waals surface area contributed by atoms with Crippen LogP contribution in [0.1, 0.15) is 0 Å². The van der Waals surface area contributed by atoms with Crippen LogP contribution < -0.4 is 19.9 Å². The molecule has 1 aromatic heterocycles. The number of ether oxygens (including phenoxy) is 3. The van der Waals surface area contributed by atoms with E-state index in [-0.39, 0.29) is 0 Å². The van der Waals surface area contributed by atoms with Crippen LogP contribution >= 0.6 is 15.9 Å². The Morgan fingerprint density at radius 1 is 1.00 bits per heavy atom. The molecule has 0 aliphatic rings. The predicted octanol–water partition coefficient (Wildman–Crippen LogP) is 3.24. The number of pyridine rings is 1. The first-order valence-electron chi connectivity index (χ1n) is 5.44. The molecule has 0 aliphatic carbocycles. The Morgan fingerprint density at radius 3 is 2.32 bits per heavy atom. The number of hydrogen-bond donors (Lipinski definition) is 1. The van der Waals surface area contributed by atoms with Gasteiger partial charge in [0.2, 0.25) is 0 Å². The summed E-state index contributed by atoms with van der Waals surface area (Å²) < 4.78 is 16.9. The minimum absolute atomic E-state index is 0.456.